The second kappa shape index (κ2) is 6.75. The summed E-state index contributed by atoms with van der Waals surface area (Å²) in [4.78, 5) is 0. The average molecular weight is 245 g/mol. The molecule has 0 radical (unpaired) electrons. The largest absolute Gasteiger partial charge is 0.316 e. The van der Waals surface area contributed by atoms with Crippen LogP contribution in [0.4, 0.5) is 0 Å². The van der Waals surface area contributed by atoms with Crippen molar-refractivity contribution >= 4 is 0 Å². The summed E-state index contributed by atoms with van der Waals surface area (Å²) in [5.41, 5.74) is 2.92. The molecular formula is C17H27N. The number of benzene rings is 1. The summed E-state index contributed by atoms with van der Waals surface area (Å²) < 4.78 is 0. The zero-order valence-corrected chi connectivity index (χ0v) is 12.3. The van der Waals surface area contributed by atoms with E-state index in [1.54, 1.807) is 0 Å². The lowest BCUT2D eigenvalue weighted by Gasteiger charge is -2.27. The van der Waals surface area contributed by atoms with Crippen LogP contribution in [0.25, 0.3) is 0 Å². The monoisotopic (exact) mass is 245 g/mol. The van der Waals surface area contributed by atoms with E-state index in [1.165, 1.54) is 11.1 Å². The summed E-state index contributed by atoms with van der Waals surface area (Å²) in [6, 6.07) is 8.62. The highest BCUT2D eigenvalue weighted by Gasteiger charge is 2.21. The lowest BCUT2D eigenvalue weighted by molar-refractivity contribution is 0.377. The first-order valence-corrected chi connectivity index (χ1v) is 6.85. The average Bonchev–Trinajstić information content (AvgIpc) is 2.32. The van der Waals surface area contributed by atoms with Crippen molar-refractivity contribution in [3.05, 3.63) is 48.0 Å². The molecule has 1 N–H and O–H groups in total. The third-order valence-corrected chi connectivity index (χ3v) is 3.43. The predicted octanol–water partition coefficient (Wildman–Crippen LogP) is 3.98. The molecule has 0 aliphatic heterocycles. The highest BCUT2D eigenvalue weighted by Crippen LogP contribution is 2.24. The van der Waals surface area contributed by atoms with E-state index in [2.05, 4.69) is 69.9 Å². The molecule has 0 heterocycles. The van der Waals surface area contributed by atoms with E-state index in [-0.39, 0.29) is 5.41 Å². The summed E-state index contributed by atoms with van der Waals surface area (Å²) in [5, 5.41) is 3.54. The van der Waals surface area contributed by atoms with Crippen LogP contribution in [-0.2, 0) is 6.42 Å². The Bertz CT molecular complexity index is 381. The number of hydrogen-bond acceptors (Lipinski definition) is 1. The molecule has 0 aliphatic rings. The van der Waals surface area contributed by atoms with Crippen molar-refractivity contribution in [2.45, 2.75) is 34.1 Å². The van der Waals surface area contributed by atoms with Crippen LogP contribution in [0.5, 0.6) is 0 Å². The molecule has 18 heavy (non-hydrogen) atoms. The molecule has 1 heteroatoms. The van der Waals surface area contributed by atoms with Crippen molar-refractivity contribution in [2.24, 2.45) is 11.3 Å². The molecule has 0 spiro atoms. The van der Waals surface area contributed by atoms with E-state index >= 15 is 0 Å². The predicted molar refractivity (Wildman–Crippen MR) is 80.9 cm³/mol. The highest BCUT2D eigenvalue weighted by atomic mass is 14.9. The van der Waals surface area contributed by atoms with Gasteiger partial charge in [-0.2, -0.15) is 0 Å². The molecule has 1 aromatic rings. The first-order valence-electron chi connectivity index (χ1n) is 6.85. The van der Waals surface area contributed by atoms with Crippen LogP contribution in [0.15, 0.2) is 36.9 Å². The van der Waals surface area contributed by atoms with Crippen molar-refractivity contribution < 1.29 is 0 Å². The van der Waals surface area contributed by atoms with Crippen LogP contribution in [0.2, 0.25) is 0 Å². The summed E-state index contributed by atoms with van der Waals surface area (Å²) >= 11 is 0. The van der Waals surface area contributed by atoms with Gasteiger partial charge in [-0.25, -0.2) is 0 Å². The number of rotatable bonds is 7. The summed E-state index contributed by atoms with van der Waals surface area (Å²) in [6.45, 7) is 15.0. The first kappa shape index (κ1) is 15.0. The van der Waals surface area contributed by atoms with E-state index in [0.29, 0.717) is 5.92 Å². The molecule has 0 aliphatic carbocycles. The number of nitrogens with one attached hydrogen (secondary N) is 1. The Morgan fingerprint density at radius 3 is 2.56 bits per heavy atom. The molecule has 1 aromatic carbocycles. The van der Waals surface area contributed by atoms with Crippen molar-refractivity contribution in [2.75, 3.05) is 13.1 Å². The second-order valence-electron chi connectivity index (χ2n) is 5.99. The summed E-state index contributed by atoms with van der Waals surface area (Å²) in [5.74, 6) is 0.692. The third kappa shape index (κ3) is 4.66. The molecule has 0 aromatic heterocycles. The second-order valence-corrected chi connectivity index (χ2v) is 5.99. The molecular weight excluding hydrogens is 218 g/mol. The van der Waals surface area contributed by atoms with Crippen molar-refractivity contribution in [3.8, 4) is 0 Å². The van der Waals surface area contributed by atoms with Crippen LogP contribution in [0.3, 0.4) is 0 Å². The van der Waals surface area contributed by atoms with Crippen LogP contribution in [0, 0.1) is 18.3 Å². The van der Waals surface area contributed by atoms with Gasteiger partial charge in [0.15, 0.2) is 0 Å². The highest BCUT2D eigenvalue weighted by molar-refractivity contribution is 5.27. The van der Waals surface area contributed by atoms with Crippen molar-refractivity contribution in [1.29, 1.82) is 0 Å². The van der Waals surface area contributed by atoms with Gasteiger partial charge in [0.1, 0.15) is 0 Å². The van der Waals surface area contributed by atoms with Crippen LogP contribution < -0.4 is 5.32 Å². The smallest absolute Gasteiger partial charge is 0.00431 e. The SMILES string of the molecule is C=CC(C)(CNCC(C)C)Cc1ccccc1C. The minimum atomic E-state index is 0.126. The molecule has 1 unspecified atom stereocenters. The standard InChI is InChI=1S/C17H27N/c1-6-17(5,13-18-12-14(2)3)11-16-10-8-7-9-15(16)4/h6-10,14,18H,1,11-13H2,2-5H3. The number of aryl methyl sites for hydroxylation is 1. The minimum Gasteiger partial charge on any atom is -0.316 e. The van der Waals surface area contributed by atoms with E-state index in [1.807, 2.05) is 0 Å². The Morgan fingerprint density at radius 2 is 2.00 bits per heavy atom. The minimum absolute atomic E-state index is 0.126. The van der Waals surface area contributed by atoms with Gasteiger partial charge in [0.2, 0.25) is 0 Å². The fourth-order valence-corrected chi connectivity index (χ4v) is 2.10. The lowest BCUT2D eigenvalue weighted by atomic mass is 9.82. The van der Waals surface area contributed by atoms with Gasteiger partial charge in [-0.15, -0.1) is 6.58 Å². The van der Waals surface area contributed by atoms with Gasteiger partial charge in [-0.05, 0) is 36.9 Å². The van der Waals surface area contributed by atoms with Gasteiger partial charge in [0.05, 0.1) is 0 Å². The van der Waals surface area contributed by atoms with E-state index in [4.69, 9.17) is 0 Å². The van der Waals surface area contributed by atoms with Gasteiger partial charge in [-0.1, -0.05) is 51.1 Å². The normalized spacial score (nSPS) is 14.5. The fraction of sp³-hybridized carbons (Fsp3) is 0.529. The Balaban J connectivity index is 2.65. The van der Waals surface area contributed by atoms with Crippen molar-refractivity contribution in [3.63, 3.8) is 0 Å². The van der Waals surface area contributed by atoms with Crippen LogP contribution in [0.1, 0.15) is 31.9 Å². The van der Waals surface area contributed by atoms with Gasteiger partial charge in [0.25, 0.3) is 0 Å². The van der Waals surface area contributed by atoms with E-state index in [0.717, 1.165) is 19.5 Å². The molecule has 0 saturated carbocycles. The molecule has 0 fully saturated rings. The lowest BCUT2D eigenvalue weighted by Crippen LogP contribution is -2.34. The van der Waals surface area contributed by atoms with Gasteiger partial charge < -0.3 is 5.32 Å². The molecule has 100 valence electrons. The molecule has 1 rings (SSSR count). The fourth-order valence-electron chi connectivity index (χ4n) is 2.10. The number of hydrogen-bond donors (Lipinski definition) is 1. The zero-order chi connectivity index (χ0) is 13.6. The molecule has 0 bridgehead atoms. The van der Waals surface area contributed by atoms with Gasteiger partial charge in [0, 0.05) is 12.0 Å². The van der Waals surface area contributed by atoms with Gasteiger partial charge in [-0.3, -0.25) is 0 Å². The maximum Gasteiger partial charge on any atom is 0.00431 e. The van der Waals surface area contributed by atoms with Crippen molar-refractivity contribution in [1.82, 2.24) is 5.32 Å². The summed E-state index contributed by atoms with van der Waals surface area (Å²) in [6.07, 6.45) is 3.14. The van der Waals surface area contributed by atoms with Crippen LogP contribution >= 0.6 is 0 Å². The zero-order valence-electron chi connectivity index (χ0n) is 12.3. The third-order valence-electron chi connectivity index (χ3n) is 3.43. The van der Waals surface area contributed by atoms with E-state index < -0.39 is 0 Å². The Labute approximate surface area is 112 Å². The molecule has 0 saturated heterocycles. The maximum atomic E-state index is 4.02. The molecule has 0 amide bonds. The maximum absolute atomic E-state index is 4.02. The topological polar surface area (TPSA) is 12.0 Å². The Morgan fingerprint density at radius 1 is 1.33 bits per heavy atom. The van der Waals surface area contributed by atoms with Crippen LogP contribution in [-0.4, -0.2) is 13.1 Å². The quantitative estimate of drug-likeness (QED) is 0.717. The Hall–Kier alpha value is -1.08. The molecule has 1 atom stereocenters. The summed E-state index contributed by atoms with van der Waals surface area (Å²) in [7, 11) is 0. The van der Waals surface area contributed by atoms with Gasteiger partial charge >= 0.3 is 0 Å². The first-order chi connectivity index (χ1) is 8.47. The molecule has 1 nitrogen and oxygen atoms in total. The Kier molecular flexibility index (Phi) is 5.61. The van der Waals surface area contributed by atoms with E-state index in [9.17, 15) is 0 Å².